The maximum absolute atomic E-state index is 13.0. The van der Waals surface area contributed by atoms with Crippen LogP contribution in [0.5, 0.6) is 5.75 Å². The van der Waals surface area contributed by atoms with Crippen molar-refractivity contribution in [2.24, 2.45) is 0 Å². The molecule has 24 heavy (non-hydrogen) atoms. The molecule has 1 heterocycles. The monoisotopic (exact) mass is 336 g/mol. The minimum absolute atomic E-state index is 0.0512. The lowest BCUT2D eigenvalue weighted by atomic mass is 9.94. The van der Waals surface area contributed by atoms with Crippen LogP contribution in [-0.4, -0.2) is 30.0 Å². The Kier molecular flexibility index (Phi) is 3.39. The largest absolute Gasteiger partial charge is 0.497 e. The maximum atomic E-state index is 13.0. The predicted molar refractivity (Wildman–Crippen MR) is 96.9 cm³/mol. The van der Waals surface area contributed by atoms with Crippen LogP contribution in [-0.2, 0) is 0 Å². The predicted octanol–water partition coefficient (Wildman–Crippen LogP) is 3.16. The van der Waals surface area contributed by atoms with Crippen molar-refractivity contribution in [3.8, 4) is 5.75 Å². The fourth-order valence-corrected chi connectivity index (χ4v) is 3.59. The van der Waals surface area contributed by atoms with Gasteiger partial charge in [0.25, 0.3) is 0 Å². The van der Waals surface area contributed by atoms with Gasteiger partial charge in [-0.2, -0.15) is 0 Å². The summed E-state index contributed by atoms with van der Waals surface area (Å²) >= 11 is 5.50. The first-order valence-corrected chi connectivity index (χ1v) is 8.09. The molecule has 1 atom stereocenters. The van der Waals surface area contributed by atoms with Crippen molar-refractivity contribution in [3.05, 3.63) is 70.8 Å². The summed E-state index contributed by atoms with van der Waals surface area (Å²) in [7, 11) is 3.52. The van der Waals surface area contributed by atoms with Crippen LogP contribution in [0.1, 0.15) is 27.5 Å². The number of nitrogens with zero attached hydrogens (tertiary/aromatic N) is 1. The van der Waals surface area contributed by atoms with E-state index in [1.165, 1.54) is 0 Å². The molecular weight excluding hydrogens is 320 g/mol. The first-order chi connectivity index (χ1) is 11.6. The zero-order valence-electron chi connectivity index (χ0n) is 13.4. The lowest BCUT2D eigenvalue weighted by molar-refractivity contribution is 0.103. The normalized spacial score (nSPS) is 19.1. The third-order valence-corrected chi connectivity index (χ3v) is 4.94. The topological polar surface area (TPSA) is 41.6 Å². The Morgan fingerprint density at radius 2 is 1.88 bits per heavy atom. The quantitative estimate of drug-likeness (QED) is 0.853. The van der Waals surface area contributed by atoms with E-state index in [-0.39, 0.29) is 11.8 Å². The molecular formula is C19H16N2O2S. The van der Waals surface area contributed by atoms with E-state index in [0.29, 0.717) is 5.11 Å². The average molecular weight is 336 g/mol. The van der Waals surface area contributed by atoms with E-state index >= 15 is 0 Å². The standard InChI is InChI=1S/C19H16N2O2S/c1-21-17-13-8-3-4-9-14(13)18(22)15(17)16(20-19(21)24)11-6-5-7-12(10-11)23-2/h3-10,16H,1-2H3,(H,20,24). The highest BCUT2D eigenvalue weighted by Gasteiger charge is 2.41. The fraction of sp³-hybridized carbons (Fsp3) is 0.158. The fourth-order valence-electron chi connectivity index (χ4n) is 3.38. The number of Topliss-reactive ketones (excluding diaryl/α,β-unsaturated/α-hetero) is 1. The molecule has 0 saturated carbocycles. The van der Waals surface area contributed by atoms with Gasteiger partial charge in [0, 0.05) is 18.2 Å². The number of ether oxygens (including phenoxy) is 1. The summed E-state index contributed by atoms with van der Waals surface area (Å²) in [5.41, 5.74) is 4.26. The maximum Gasteiger partial charge on any atom is 0.194 e. The van der Waals surface area contributed by atoms with Gasteiger partial charge < -0.3 is 15.0 Å². The molecule has 2 aromatic carbocycles. The third-order valence-electron chi connectivity index (χ3n) is 4.55. The van der Waals surface area contributed by atoms with Crippen molar-refractivity contribution in [1.29, 1.82) is 0 Å². The zero-order chi connectivity index (χ0) is 16.8. The summed E-state index contributed by atoms with van der Waals surface area (Å²) in [4.78, 5) is 14.9. The Bertz CT molecular complexity index is 904. The van der Waals surface area contributed by atoms with Crippen LogP contribution >= 0.6 is 12.2 Å². The van der Waals surface area contributed by atoms with Gasteiger partial charge in [0.1, 0.15) is 5.75 Å². The minimum Gasteiger partial charge on any atom is -0.497 e. The number of nitrogens with one attached hydrogen (secondary N) is 1. The molecule has 0 radical (unpaired) electrons. The minimum atomic E-state index is -0.279. The number of hydrogen-bond acceptors (Lipinski definition) is 3. The van der Waals surface area contributed by atoms with Crippen LogP contribution in [0, 0.1) is 0 Å². The van der Waals surface area contributed by atoms with Crippen molar-refractivity contribution in [2.75, 3.05) is 14.2 Å². The molecule has 0 amide bonds. The average Bonchev–Trinajstić information content (AvgIpc) is 2.92. The molecule has 1 aliphatic carbocycles. The summed E-state index contributed by atoms with van der Waals surface area (Å²) in [6, 6.07) is 15.1. The van der Waals surface area contributed by atoms with Gasteiger partial charge in [0.05, 0.1) is 24.4 Å². The van der Waals surface area contributed by atoms with Gasteiger partial charge in [0.2, 0.25) is 0 Å². The van der Waals surface area contributed by atoms with Crippen molar-refractivity contribution < 1.29 is 9.53 Å². The Morgan fingerprint density at radius 3 is 2.62 bits per heavy atom. The van der Waals surface area contributed by atoms with Gasteiger partial charge in [-0.3, -0.25) is 4.79 Å². The second-order valence-electron chi connectivity index (χ2n) is 5.86. The van der Waals surface area contributed by atoms with Crippen LogP contribution in [0.25, 0.3) is 5.70 Å². The number of carbonyl (C=O) groups excluding carboxylic acids is 1. The van der Waals surface area contributed by atoms with Crippen LogP contribution < -0.4 is 10.1 Å². The Morgan fingerprint density at radius 1 is 1.12 bits per heavy atom. The lowest BCUT2D eigenvalue weighted by Gasteiger charge is -2.34. The number of fused-ring (bicyclic) bond motifs is 2. The van der Waals surface area contributed by atoms with Gasteiger partial charge in [-0.1, -0.05) is 36.4 Å². The molecule has 2 aromatic rings. The number of thiocarbonyl (C=S) groups is 1. The van der Waals surface area contributed by atoms with Crippen LogP contribution in [0.3, 0.4) is 0 Å². The number of benzene rings is 2. The number of methoxy groups -OCH3 is 1. The van der Waals surface area contributed by atoms with E-state index in [2.05, 4.69) is 5.32 Å². The van der Waals surface area contributed by atoms with E-state index in [4.69, 9.17) is 17.0 Å². The number of carbonyl (C=O) groups is 1. The molecule has 0 fully saturated rings. The van der Waals surface area contributed by atoms with Gasteiger partial charge in [-0.25, -0.2) is 0 Å². The number of rotatable bonds is 2. The highest BCUT2D eigenvalue weighted by atomic mass is 32.1. The third kappa shape index (κ3) is 2.05. The molecule has 1 N–H and O–H groups in total. The van der Waals surface area contributed by atoms with Crippen LogP contribution in [0.2, 0.25) is 0 Å². The number of ketones is 1. The lowest BCUT2D eigenvalue weighted by Crippen LogP contribution is -2.44. The van der Waals surface area contributed by atoms with Crippen molar-refractivity contribution in [3.63, 3.8) is 0 Å². The second kappa shape index (κ2) is 5.46. The first-order valence-electron chi connectivity index (χ1n) is 7.68. The molecule has 1 aliphatic heterocycles. The Balaban J connectivity index is 1.91. The molecule has 0 aromatic heterocycles. The van der Waals surface area contributed by atoms with Crippen molar-refractivity contribution in [1.82, 2.24) is 10.2 Å². The molecule has 4 nitrogen and oxygen atoms in total. The molecule has 5 heteroatoms. The summed E-state index contributed by atoms with van der Waals surface area (Å²) in [5.74, 6) is 0.805. The highest BCUT2D eigenvalue weighted by molar-refractivity contribution is 7.80. The van der Waals surface area contributed by atoms with Crippen molar-refractivity contribution >= 4 is 28.8 Å². The van der Waals surface area contributed by atoms with Gasteiger partial charge in [-0.15, -0.1) is 0 Å². The van der Waals surface area contributed by atoms with E-state index in [1.54, 1.807) is 7.11 Å². The van der Waals surface area contributed by atoms with E-state index < -0.39 is 0 Å². The molecule has 0 saturated heterocycles. The number of hydrogen-bond donors (Lipinski definition) is 1. The van der Waals surface area contributed by atoms with Gasteiger partial charge >= 0.3 is 0 Å². The van der Waals surface area contributed by atoms with E-state index in [1.807, 2.05) is 60.5 Å². The van der Waals surface area contributed by atoms with E-state index in [9.17, 15) is 4.79 Å². The highest BCUT2D eigenvalue weighted by Crippen LogP contribution is 2.43. The molecule has 0 spiro atoms. The molecule has 0 bridgehead atoms. The smallest absolute Gasteiger partial charge is 0.194 e. The molecule has 120 valence electrons. The SMILES string of the molecule is COc1cccc(C2NC(=S)N(C)C3=C2C(=O)c2ccccc23)c1. The summed E-state index contributed by atoms with van der Waals surface area (Å²) in [6.07, 6.45) is 0. The van der Waals surface area contributed by atoms with E-state index in [0.717, 1.165) is 33.7 Å². The van der Waals surface area contributed by atoms with Gasteiger partial charge in [0.15, 0.2) is 10.9 Å². The first kappa shape index (κ1) is 14.9. The second-order valence-corrected chi connectivity index (χ2v) is 6.24. The Labute approximate surface area is 145 Å². The molecule has 4 rings (SSSR count). The summed E-state index contributed by atoms with van der Waals surface area (Å²) < 4.78 is 5.32. The Hall–Kier alpha value is -2.66. The summed E-state index contributed by atoms with van der Waals surface area (Å²) in [5, 5.41) is 3.90. The molecule has 1 unspecified atom stereocenters. The zero-order valence-corrected chi connectivity index (χ0v) is 14.2. The summed E-state index contributed by atoms with van der Waals surface area (Å²) in [6.45, 7) is 0. The van der Waals surface area contributed by atoms with Gasteiger partial charge in [-0.05, 0) is 29.9 Å². The van der Waals surface area contributed by atoms with Crippen LogP contribution in [0.4, 0.5) is 0 Å². The van der Waals surface area contributed by atoms with Crippen molar-refractivity contribution in [2.45, 2.75) is 6.04 Å². The molecule has 2 aliphatic rings. The van der Waals surface area contributed by atoms with Crippen LogP contribution in [0.15, 0.2) is 54.1 Å².